The Hall–Kier alpha value is -2.18. The normalized spacial score (nSPS) is 9.65. The van der Waals surface area contributed by atoms with E-state index in [4.69, 9.17) is 22.6 Å². The Morgan fingerprint density at radius 3 is 2.65 bits per heavy atom. The highest BCUT2D eigenvalue weighted by molar-refractivity contribution is 6.33. The number of hydrogen-bond acceptors (Lipinski definition) is 3. The van der Waals surface area contributed by atoms with Gasteiger partial charge in [0.05, 0.1) is 22.0 Å². The molecule has 0 radical (unpaired) electrons. The molecule has 17 heavy (non-hydrogen) atoms. The summed E-state index contributed by atoms with van der Waals surface area (Å²) in [7, 11) is 0. The SMILES string of the molecule is N#Cc1ccccc1Nc1cc(N)ccc1Cl. The van der Waals surface area contributed by atoms with Crippen LogP contribution in [0.2, 0.25) is 5.02 Å². The second-order valence-corrected chi connectivity index (χ2v) is 3.93. The van der Waals surface area contributed by atoms with Gasteiger partial charge in [-0.3, -0.25) is 0 Å². The van der Waals surface area contributed by atoms with Gasteiger partial charge in [0, 0.05) is 5.69 Å². The van der Waals surface area contributed by atoms with Crippen LogP contribution in [0.1, 0.15) is 5.56 Å². The van der Waals surface area contributed by atoms with Gasteiger partial charge in [-0.15, -0.1) is 0 Å². The van der Waals surface area contributed by atoms with Crippen LogP contribution >= 0.6 is 11.6 Å². The van der Waals surface area contributed by atoms with Gasteiger partial charge in [0.25, 0.3) is 0 Å². The van der Waals surface area contributed by atoms with Crippen molar-refractivity contribution in [2.24, 2.45) is 0 Å². The number of nitrogens with one attached hydrogen (secondary N) is 1. The number of nitrogens with two attached hydrogens (primary N) is 1. The van der Waals surface area contributed by atoms with Crippen LogP contribution in [0, 0.1) is 11.3 Å². The van der Waals surface area contributed by atoms with Crippen molar-refractivity contribution < 1.29 is 0 Å². The van der Waals surface area contributed by atoms with Gasteiger partial charge < -0.3 is 11.1 Å². The number of nitrogen functional groups attached to an aromatic ring is 1. The largest absolute Gasteiger partial charge is 0.399 e. The van der Waals surface area contributed by atoms with Crippen molar-refractivity contribution in [3.8, 4) is 6.07 Å². The van der Waals surface area contributed by atoms with E-state index in [-0.39, 0.29) is 0 Å². The second-order valence-electron chi connectivity index (χ2n) is 3.52. The predicted molar refractivity (Wildman–Crippen MR) is 70.3 cm³/mol. The van der Waals surface area contributed by atoms with Gasteiger partial charge in [-0.05, 0) is 30.3 Å². The zero-order chi connectivity index (χ0) is 12.3. The quantitative estimate of drug-likeness (QED) is 0.793. The van der Waals surface area contributed by atoms with Crippen LogP contribution < -0.4 is 11.1 Å². The molecule has 0 amide bonds. The maximum atomic E-state index is 8.97. The Labute approximate surface area is 104 Å². The number of hydrogen-bond donors (Lipinski definition) is 2. The molecule has 0 bridgehead atoms. The number of anilines is 3. The van der Waals surface area contributed by atoms with Crippen LogP contribution in [0.25, 0.3) is 0 Å². The van der Waals surface area contributed by atoms with Crippen LogP contribution in [0.15, 0.2) is 42.5 Å². The minimum absolute atomic E-state index is 0.561. The molecule has 0 aliphatic carbocycles. The van der Waals surface area contributed by atoms with Crippen molar-refractivity contribution in [3.63, 3.8) is 0 Å². The zero-order valence-corrected chi connectivity index (χ0v) is 9.70. The third kappa shape index (κ3) is 2.49. The highest BCUT2D eigenvalue weighted by atomic mass is 35.5. The molecule has 0 saturated heterocycles. The molecule has 84 valence electrons. The molecule has 0 aliphatic rings. The fourth-order valence-corrected chi connectivity index (χ4v) is 1.64. The average Bonchev–Trinajstić information content (AvgIpc) is 2.34. The van der Waals surface area contributed by atoms with Gasteiger partial charge in [-0.1, -0.05) is 23.7 Å². The topological polar surface area (TPSA) is 61.8 Å². The van der Waals surface area contributed by atoms with Crippen molar-refractivity contribution in [2.45, 2.75) is 0 Å². The van der Waals surface area contributed by atoms with E-state index in [2.05, 4.69) is 11.4 Å². The molecule has 0 unspecified atom stereocenters. The fraction of sp³-hybridized carbons (Fsp3) is 0. The Bertz CT molecular complexity index is 587. The molecule has 0 fully saturated rings. The third-order valence-corrected chi connectivity index (χ3v) is 2.64. The number of nitriles is 1. The van der Waals surface area contributed by atoms with Gasteiger partial charge in [-0.25, -0.2) is 0 Å². The van der Waals surface area contributed by atoms with Crippen molar-refractivity contribution in [1.29, 1.82) is 5.26 Å². The van der Waals surface area contributed by atoms with E-state index < -0.39 is 0 Å². The van der Waals surface area contributed by atoms with Crippen LogP contribution in [-0.2, 0) is 0 Å². The van der Waals surface area contributed by atoms with Crippen molar-refractivity contribution in [3.05, 3.63) is 53.1 Å². The van der Waals surface area contributed by atoms with E-state index in [1.807, 2.05) is 18.2 Å². The highest BCUT2D eigenvalue weighted by Crippen LogP contribution is 2.28. The first-order chi connectivity index (χ1) is 8.20. The lowest BCUT2D eigenvalue weighted by atomic mass is 10.2. The summed E-state index contributed by atoms with van der Waals surface area (Å²) in [6.07, 6.45) is 0. The summed E-state index contributed by atoms with van der Waals surface area (Å²) in [6.45, 7) is 0. The fourth-order valence-electron chi connectivity index (χ4n) is 1.47. The molecular formula is C13H10ClN3. The summed E-state index contributed by atoms with van der Waals surface area (Å²) >= 11 is 6.04. The lowest BCUT2D eigenvalue weighted by Gasteiger charge is -2.10. The molecule has 4 heteroatoms. The smallest absolute Gasteiger partial charge is 0.101 e. The Morgan fingerprint density at radius 1 is 1.12 bits per heavy atom. The molecule has 0 spiro atoms. The highest BCUT2D eigenvalue weighted by Gasteiger charge is 2.04. The minimum atomic E-state index is 0.561. The average molecular weight is 244 g/mol. The lowest BCUT2D eigenvalue weighted by Crippen LogP contribution is -1.95. The van der Waals surface area contributed by atoms with E-state index in [0.29, 0.717) is 27.6 Å². The lowest BCUT2D eigenvalue weighted by molar-refractivity contribution is 1.46. The van der Waals surface area contributed by atoms with Gasteiger partial charge >= 0.3 is 0 Å². The van der Waals surface area contributed by atoms with E-state index in [1.165, 1.54) is 0 Å². The van der Waals surface area contributed by atoms with Gasteiger partial charge in [0.2, 0.25) is 0 Å². The molecule has 2 aromatic carbocycles. The number of halogens is 1. The minimum Gasteiger partial charge on any atom is -0.399 e. The first kappa shape index (κ1) is 11.3. The molecule has 2 rings (SSSR count). The Balaban J connectivity index is 2.38. The van der Waals surface area contributed by atoms with E-state index in [1.54, 1.807) is 24.3 Å². The maximum Gasteiger partial charge on any atom is 0.101 e. The monoisotopic (exact) mass is 243 g/mol. The van der Waals surface area contributed by atoms with Gasteiger partial charge in [0.1, 0.15) is 6.07 Å². The third-order valence-electron chi connectivity index (χ3n) is 2.31. The molecule has 0 aliphatic heterocycles. The van der Waals surface area contributed by atoms with Crippen LogP contribution in [-0.4, -0.2) is 0 Å². The zero-order valence-electron chi connectivity index (χ0n) is 8.94. The number of benzene rings is 2. The molecule has 3 N–H and O–H groups in total. The van der Waals surface area contributed by atoms with Crippen molar-refractivity contribution in [2.75, 3.05) is 11.1 Å². The summed E-state index contributed by atoms with van der Waals surface area (Å²) in [4.78, 5) is 0. The van der Waals surface area contributed by atoms with Crippen LogP contribution in [0.5, 0.6) is 0 Å². The Kier molecular flexibility index (Phi) is 3.17. The molecule has 3 nitrogen and oxygen atoms in total. The van der Waals surface area contributed by atoms with Gasteiger partial charge in [0.15, 0.2) is 0 Å². The second kappa shape index (κ2) is 4.77. The van der Waals surface area contributed by atoms with E-state index >= 15 is 0 Å². The number of nitrogens with zero attached hydrogens (tertiary/aromatic N) is 1. The first-order valence-corrected chi connectivity index (χ1v) is 5.39. The van der Waals surface area contributed by atoms with Crippen molar-refractivity contribution >= 4 is 28.7 Å². The summed E-state index contributed by atoms with van der Waals surface area (Å²) in [5.41, 5.74) is 8.27. The summed E-state index contributed by atoms with van der Waals surface area (Å²) in [5, 5.41) is 12.6. The number of para-hydroxylation sites is 1. The van der Waals surface area contributed by atoms with E-state index in [9.17, 15) is 0 Å². The summed E-state index contributed by atoms with van der Waals surface area (Å²) < 4.78 is 0. The molecule has 0 heterocycles. The molecule has 2 aromatic rings. The Morgan fingerprint density at radius 2 is 1.88 bits per heavy atom. The maximum absolute atomic E-state index is 8.97. The standard InChI is InChI=1S/C13H10ClN3/c14-11-6-5-10(16)7-13(11)17-12-4-2-1-3-9(12)8-15/h1-7,17H,16H2. The molecule has 0 atom stereocenters. The van der Waals surface area contributed by atoms with E-state index in [0.717, 1.165) is 0 Å². The van der Waals surface area contributed by atoms with Crippen LogP contribution in [0.4, 0.5) is 17.1 Å². The predicted octanol–water partition coefficient (Wildman–Crippen LogP) is 3.54. The molecular weight excluding hydrogens is 234 g/mol. The van der Waals surface area contributed by atoms with Gasteiger partial charge in [-0.2, -0.15) is 5.26 Å². The summed E-state index contributed by atoms with van der Waals surface area (Å²) in [5.74, 6) is 0. The summed E-state index contributed by atoms with van der Waals surface area (Å²) in [6, 6.07) is 14.5. The van der Waals surface area contributed by atoms with Crippen LogP contribution in [0.3, 0.4) is 0 Å². The molecule has 0 saturated carbocycles. The molecule has 0 aromatic heterocycles. The first-order valence-electron chi connectivity index (χ1n) is 5.02. The number of rotatable bonds is 2. The van der Waals surface area contributed by atoms with Crippen molar-refractivity contribution in [1.82, 2.24) is 0 Å².